The minimum absolute atomic E-state index is 0.113. The summed E-state index contributed by atoms with van der Waals surface area (Å²) in [4.78, 5) is 14.5. The van der Waals surface area contributed by atoms with Crippen molar-refractivity contribution in [3.63, 3.8) is 0 Å². The quantitative estimate of drug-likeness (QED) is 0.814. The zero-order chi connectivity index (χ0) is 12.4. The first-order valence-electron chi connectivity index (χ1n) is 6.18. The fourth-order valence-electron chi connectivity index (χ4n) is 2.19. The molecule has 94 valence electrons. The van der Waals surface area contributed by atoms with Gasteiger partial charge in [0.25, 0.3) is 5.91 Å². The summed E-state index contributed by atoms with van der Waals surface area (Å²) < 4.78 is 0. The van der Waals surface area contributed by atoms with Gasteiger partial charge in [-0.25, -0.2) is 0 Å². The van der Waals surface area contributed by atoms with E-state index in [0.717, 1.165) is 43.0 Å². The van der Waals surface area contributed by atoms with E-state index in [2.05, 4.69) is 22.4 Å². The van der Waals surface area contributed by atoms with Crippen molar-refractivity contribution >= 4 is 5.91 Å². The standard InChI is InChI=1S/C12H20N4O/c1-4-5-16(10-6-13-7-10)12(17)11-8(2)14-15-9(11)3/h10,13H,4-7H2,1-3H3,(H,14,15). The first kappa shape index (κ1) is 12.1. The molecule has 0 saturated carbocycles. The van der Waals surface area contributed by atoms with Gasteiger partial charge in [0.05, 0.1) is 17.3 Å². The number of nitrogens with one attached hydrogen (secondary N) is 2. The Bertz CT molecular complexity index is 389. The van der Waals surface area contributed by atoms with Crippen molar-refractivity contribution in [2.75, 3.05) is 19.6 Å². The second-order valence-corrected chi connectivity index (χ2v) is 4.62. The van der Waals surface area contributed by atoms with Gasteiger partial charge in [-0.1, -0.05) is 6.92 Å². The predicted molar refractivity (Wildman–Crippen MR) is 66.0 cm³/mol. The highest BCUT2D eigenvalue weighted by atomic mass is 16.2. The maximum atomic E-state index is 12.5. The first-order valence-corrected chi connectivity index (χ1v) is 6.18. The van der Waals surface area contributed by atoms with Crippen LogP contribution in [0, 0.1) is 13.8 Å². The first-order chi connectivity index (χ1) is 8.15. The van der Waals surface area contributed by atoms with Crippen LogP contribution in [-0.2, 0) is 0 Å². The van der Waals surface area contributed by atoms with Gasteiger partial charge in [0.15, 0.2) is 0 Å². The molecule has 5 heteroatoms. The lowest BCUT2D eigenvalue weighted by Gasteiger charge is -2.38. The molecule has 0 unspecified atom stereocenters. The molecule has 0 radical (unpaired) electrons. The van der Waals surface area contributed by atoms with E-state index in [0.29, 0.717) is 6.04 Å². The number of carbonyl (C=O) groups is 1. The predicted octanol–water partition coefficient (Wildman–Crippen LogP) is 0.851. The van der Waals surface area contributed by atoms with E-state index in [1.54, 1.807) is 0 Å². The Morgan fingerprint density at radius 2 is 2.18 bits per heavy atom. The van der Waals surface area contributed by atoms with Crippen LogP contribution >= 0.6 is 0 Å². The van der Waals surface area contributed by atoms with Crippen LogP contribution < -0.4 is 5.32 Å². The van der Waals surface area contributed by atoms with Crippen LogP contribution in [0.1, 0.15) is 35.1 Å². The smallest absolute Gasteiger partial charge is 0.257 e. The van der Waals surface area contributed by atoms with Gasteiger partial charge >= 0.3 is 0 Å². The zero-order valence-electron chi connectivity index (χ0n) is 10.7. The summed E-state index contributed by atoms with van der Waals surface area (Å²) in [5.41, 5.74) is 2.40. The Morgan fingerprint density at radius 3 is 2.59 bits per heavy atom. The van der Waals surface area contributed by atoms with Crippen molar-refractivity contribution in [3.05, 3.63) is 17.0 Å². The molecule has 2 rings (SSSR count). The Labute approximate surface area is 102 Å². The third-order valence-electron chi connectivity index (χ3n) is 3.27. The third kappa shape index (κ3) is 2.20. The lowest BCUT2D eigenvalue weighted by Crippen LogP contribution is -2.59. The summed E-state index contributed by atoms with van der Waals surface area (Å²) in [6.45, 7) is 8.50. The number of aromatic nitrogens is 2. The number of rotatable bonds is 4. The van der Waals surface area contributed by atoms with Crippen LogP contribution in [0.5, 0.6) is 0 Å². The van der Waals surface area contributed by atoms with E-state index < -0.39 is 0 Å². The number of carbonyl (C=O) groups excluding carboxylic acids is 1. The molecule has 0 bridgehead atoms. The second kappa shape index (κ2) is 4.87. The van der Waals surface area contributed by atoms with E-state index in [1.807, 2.05) is 18.7 Å². The summed E-state index contributed by atoms with van der Waals surface area (Å²) in [5, 5.41) is 10.2. The number of H-pyrrole nitrogens is 1. The average molecular weight is 236 g/mol. The van der Waals surface area contributed by atoms with E-state index in [1.165, 1.54) is 0 Å². The van der Waals surface area contributed by atoms with Crippen LogP contribution in [0.25, 0.3) is 0 Å². The lowest BCUT2D eigenvalue weighted by atomic mass is 10.1. The van der Waals surface area contributed by atoms with Crippen molar-refractivity contribution in [3.8, 4) is 0 Å². The summed E-state index contributed by atoms with van der Waals surface area (Å²) in [6, 6.07) is 0.344. The Morgan fingerprint density at radius 1 is 1.47 bits per heavy atom. The topological polar surface area (TPSA) is 61.0 Å². The summed E-state index contributed by atoms with van der Waals surface area (Å²) in [7, 11) is 0. The molecule has 0 aromatic carbocycles. The molecule has 0 spiro atoms. The van der Waals surface area contributed by atoms with Crippen LogP contribution in [0.3, 0.4) is 0 Å². The highest BCUT2D eigenvalue weighted by Gasteiger charge is 2.30. The van der Waals surface area contributed by atoms with Gasteiger partial charge in [0.2, 0.25) is 0 Å². The van der Waals surface area contributed by atoms with Gasteiger partial charge in [-0.2, -0.15) is 5.10 Å². The van der Waals surface area contributed by atoms with Crippen molar-refractivity contribution in [1.29, 1.82) is 0 Å². The van der Waals surface area contributed by atoms with Crippen LogP contribution in [-0.4, -0.2) is 46.7 Å². The lowest BCUT2D eigenvalue weighted by molar-refractivity contribution is 0.0614. The number of hydrogen-bond donors (Lipinski definition) is 2. The van der Waals surface area contributed by atoms with Crippen molar-refractivity contribution in [1.82, 2.24) is 20.4 Å². The molecule has 1 aromatic heterocycles. The van der Waals surface area contributed by atoms with Crippen LogP contribution in [0.4, 0.5) is 0 Å². The normalized spacial score (nSPS) is 15.7. The highest BCUT2D eigenvalue weighted by molar-refractivity contribution is 5.96. The van der Waals surface area contributed by atoms with E-state index in [4.69, 9.17) is 0 Å². The molecular weight excluding hydrogens is 216 g/mol. The molecule has 1 aliphatic rings. The molecule has 0 aliphatic carbocycles. The Kier molecular flexibility index (Phi) is 3.47. The summed E-state index contributed by atoms with van der Waals surface area (Å²) in [5.74, 6) is 0.113. The zero-order valence-corrected chi connectivity index (χ0v) is 10.7. The molecule has 2 N–H and O–H groups in total. The number of aryl methyl sites for hydroxylation is 2. The molecule has 5 nitrogen and oxygen atoms in total. The average Bonchev–Trinajstić information content (AvgIpc) is 2.54. The van der Waals surface area contributed by atoms with Crippen LogP contribution in [0.2, 0.25) is 0 Å². The van der Waals surface area contributed by atoms with Gasteiger partial charge in [-0.15, -0.1) is 0 Å². The number of nitrogens with zero attached hydrogens (tertiary/aromatic N) is 2. The number of hydrogen-bond acceptors (Lipinski definition) is 3. The van der Waals surface area contributed by atoms with E-state index >= 15 is 0 Å². The van der Waals surface area contributed by atoms with E-state index in [9.17, 15) is 4.79 Å². The number of aromatic amines is 1. The Hall–Kier alpha value is -1.36. The SMILES string of the molecule is CCCN(C(=O)c1c(C)n[nH]c1C)C1CNC1. The van der Waals surface area contributed by atoms with Crippen LogP contribution in [0.15, 0.2) is 0 Å². The Balaban J connectivity index is 2.21. The molecule has 17 heavy (non-hydrogen) atoms. The van der Waals surface area contributed by atoms with Crippen molar-refractivity contribution in [2.45, 2.75) is 33.2 Å². The number of amides is 1. The fourth-order valence-corrected chi connectivity index (χ4v) is 2.19. The highest BCUT2D eigenvalue weighted by Crippen LogP contribution is 2.16. The van der Waals surface area contributed by atoms with Gasteiger partial charge in [-0.05, 0) is 20.3 Å². The molecular formula is C12H20N4O. The van der Waals surface area contributed by atoms with E-state index in [-0.39, 0.29) is 5.91 Å². The monoisotopic (exact) mass is 236 g/mol. The van der Waals surface area contributed by atoms with Gasteiger partial charge in [-0.3, -0.25) is 9.89 Å². The maximum Gasteiger partial charge on any atom is 0.257 e. The molecule has 1 amide bonds. The second-order valence-electron chi connectivity index (χ2n) is 4.62. The molecule has 1 fully saturated rings. The molecule has 1 saturated heterocycles. The molecule has 1 aromatic rings. The third-order valence-corrected chi connectivity index (χ3v) is 3.27. The minimum atomic E-state index is 0.113. The minimum Gasteiger partial charge on any atom is -0.333 e. The largest absolute Gasteiger partial charge is 0.333 e. The van der Waals surface area contributed by atoms with Gasteiger partial charge in [0.1, 0.15) is 0 Å². The summed E-state index contributed by atoms with van der Waals surface area (Å²) >= 11 is 0. The van der Waals surface area contributed by atoms with Crippen molar-refractivity contribution < 1.29 is 4.79 Å². The maximum absolute atomic E-state index is 12.5. The van der Waals surface area contributed by atoms with Gasteiger partial charge in [0, 0.05) is 25.3 Å². The molecule has 2 heterocycles. The molecule has 1 aliphatic heterocycles. The van der Waals surface area contributed by atoms with Crippen molar-refractivity contribution in [2.24, 2.45) is 0 Å². The summed E-state index contributed by atoms with van der Waals surface area (Å²) in [6.07, 6.45) is 0.984. The fraction of sp³-hybridized carbons (Fsp3) is 0.667. The van der Waals surface area contributed by atoms with Gasteiger partial charge < -0.3 is 10.2 Å². The molecule has 0 atom stereocenters.